The zero-order chi connectivity index (χ0) is 69.9. The highest BCUT2D eigenvalue weighted by molar-refractivity contribution is 7.48. The normalized spacial score (nSPS) is 29.8. The minimum absolute atomic E-state index is 0.0105. The molecular weight excluding hydrogens is 1400 g/mol. The van der Waals surface area contributed by atoms with Gasteiger partial charge in [-0.3, -0.25) is 78.6 Å². The number of nitrogens with two attached hydrogens (primary N) is 5. The van der Waals surface area contributed by atoms with Crippen LogP contribution in [0.3, 0.4) is 0 Å². The maximum absolute atomic E-state index is 14.1. The van der Waals surface area contributed by atoms with Crippen molar-refractivity contribution in [3.8, 4) is 0 Å². The summed E-state index contributed by atoms with van der Waals surface area (Å²) in [5, 5.41) is 21.1. The number of phosphoric acid groups is 4. The molecule has 0 radical (unpaired) electrons. The molecule has 5 fully saturated rings. The second kappa shape index (κ2) is 27.9. The molecule has 98 heavy (non-hydrogen) atoms. The molecule has 7 aromatic rings. The van der Waals surface area contributed by atoms with Crippen molar-refractivity contribution in [2.24, 2.45) is 0 Å². The molecule has 12 heterocycles. The predicted octanol–water partition coefficient (Wildman–Crippen LogP) is -3.27. The van der Waals surface area contributed by atoms with E-state index in [0.29, 0.717) is 0 Å². The zero-order valence-electron chi connectivity index (χ0n) is 50.1. The standard InChI is InChI=1S/C47H61N19O28P4/c48-29-1-4-62(45(71)55-29)33-9-21(92-95(74,75)82-13-25-19(68)7-32(87-25)65-17-53-37-39(65)58-43(51)60-41(37)69)27(89-33)15-84-97(78,79)94-23-11-35(64-6-3-31(50)57-47(64)73)90-28(23)16-85-98(80,81)93-22-10-34(63-5-2-30(49)56-46(63)72)88-26(22)14-83-96(76,77)91-20-8-36(86-24(20)12-67)66-18-54-38-40(66)59-44(52)61-42(38)70/h1-6,17-28,32-36,67-68H,7-16H2,(H,74,75)(H,76,77)(H,78,79)(H,80,81)(H2,48,55,71)(H2,49,56,72)(H2,50,57,73)(H3,51,58,60,69)(H3,52,59,61,70)/t19-,20-,21-,22-,23-,24+,25+,26+,27+,28+,32+,33+,34+,35+,36+/m0/s1. The zero-order valence-corrected chi connectivity index (χ0v) is 53.6. The summed E-state index contributed by atoms with van der Waals surface area (Å²) in [4.78, 5) is 140. The summed E-state index contributed by atoms with van der Waals surface area (Å²) >= 11 is 0. The quantitative estimate of drug-likeness (QED) is 0.0237. The van der Waals surface area contributed by atoms with Gasteiger partial charge < -0.3 is 82.1 Å². The maximum atomic E-state index is 14.1. The fourth-order valence-corrected chi connectivity index (χ4v) is 15.1. The summed E-state index contributed by atoms with van der Waals surface area (Å²) in [7, 11) is -21.5. The number of nitrogens with zero attached hydrogens (tertiary/aromatic N) is 12. The van der Waals surface area contributed by atoms with E-state index in [4.69, 9.17) is 88.5 Å². The lowest BCUT2D eigenvalue weighted by molar-refractivity contribution is -0.0647. The van der Waals surface area contributed by atoms with Crippen LogP contribution in [0.25, 0.3) is 22.3 Å². The molecule has 47 nitrogen and oxygen atoms in total. The number of hydrogen-bond donors (Lipinski definition) is 13. The maximum Gasteiger partial charge on any atom is 0.472 e. The number of aliphatic hydroxyl groups is 2. The lowest BCUT2D eigenvalue weighted by Gasteiger charge is -2.25. The predicted molar refractivity (Wildman–Crippen MR) is 322 cm³/mol. The number of aromatic amines is 2. The first-order valence-corrected chi connectivity index (χ1v) is 35.0. The fraction of sp³-hybridized carbons (Fsp3) is 0.532. The van der Waals surface area contributed by atoms with E-state index in [-0.39, 0.29) is 64.5 Å². The van der Waals surface area contributed by atoms with E-state index >= 15 is 0 Å². The number of rotatable bonds is 26. The molecule has 0 aliphatic carbocycles. The van der Waals surface area contributed by atoms with Gasteiger partial charge in [0.05, 0.1) is 51.8 Å². The van der Waals surface area contributed by atoms with Gasteiger partial charge in [-0.1, -0.05) is 0 Å². The Labute approximate surface area is 544 Å². The number of nitrogens with one attached hydrogen (secondary N) is 2. The number of hydrogen-bond acceptors (Lipinski definition) is 36. The summed E-state index contributed by atoms with van der Waals surface area (Å²) in [6, 6.07) is 3.64. The number of H-pyrrole nitrogens is 2. The Hall–Kier alpha value is -7.50. The van der Waals surface area contributed by atoms with E-state index in [1.54, 1.807) is 0 Å². The van der Waals surface area contributed by atoms with Gasteiger partial charge in [0.15, 0.2) is 22.3 Å². The average Bonchev–Trinajstić information content (AvgIpc) is 1.60. The molecule has 7 aromatic heterocycles. The lowest BCUT2D eigenvalue weighted by Crippen LogP contribution is -2.32. The molecule has 18 N–H and O–H groups in total. The van der Waals surface area contributed by atoms with E-state index in [1.165, 1.54) is 52.4 Å². The Balaban J connectivity index is 0.715. The molecule has 0 spiro atoms. The van der Waals surface area contributed by atoms with E-state index in [1.807, 2.05) is 0 Å². The van der Waals surface area contributed by atoms with Crippen molar-refractivity contribution in [1.29, 1.82) is 0 Å². The summed E-state index contributed by atoms with van der Waals surface area (Å²) in [6.45, 7) is -4.64. The van der Waals surface area contributed by atoms with Crippen LogP contribution in [0.2, 0.25) is 0 Å². The SMILES string of the molecule is Nc1ccn([C@H]2C[C@H](OP(=O)(O)OC[C@H]3O[C@@H](n4ccc(N)nc4=O)C[C@@H]3OP(=O)(O)OC[C@H]3O[C@@H](n4cnc5c(=O)[nH]c(N)nc54)C[C@@H]3O)[C@@H](COP(=O)(O)O[C@H]3C[C@H](n4ccc(N)nc4=O)O[C@@H]3COP(=O)(O)O[C@H]3C[C@H](n4cnc5c(=O)[nH]c(N)nc54)O[C@@H]3CO)O2)c(=O)n1. The molecule has 0 amide bonds. The minimum atomic E-state index is -5.50. The van der Waals surface area contributed by atoms with Crippen molar-refractivity contribution >= 4 is 83.0 Å². The van der Waals surface area contributed by atoms with Gasteiger partial charge in [-0.05, 0) is 18.2 Å². The van der Waals surface area contributed by atoms with Crippen LogP contribution in [0, 0.1) is 0 Å². The van der Waals surface area contributed by atoms with Gasteiger partial charge in [-0.25, -0.2) is 42.6 Å². The van der Waals surface area contributed by atoms with Crippen molar-refractivity contribution in [2.75, 3.05) is 61.7 Å². The van der Waals surface area contributed by atoms with Crippen LogP contribution < -0.4 is 56.9 Å². The van der Waals surface area contributed by atoms with E-state index in [2.05, 4.69) is 44.9 Å². The van der Waals surface area contributed by atoms with E-state index in [0.717, 1.165) is 19.9 Å². The monoisotopic (exact) mass is 1460 g/mol. The molecule has 5 saturated heterocycles. The Kier molecular flexibility index (Phi) is 20.0. The van der Waals surface area contributed by atoms with Crippen LogP contribution in [-0.2, 0) is 78.1 Å². The van der Waals surface area contributed by atoms with Gasteiger partial charge in [0.2, 0.25) is 11.9 Å². The highest BCUT2D eigenvalue weighted by Crippen LogP contribution is 2.55. The van der Waals surface area contributed by atoms with Gasteiger partial charge in [0, 0.05) is 50.7 Å². The number of ether oxygens (including phenoxy) is 5. The first kappa shape index (κ1) is 70.4. The highest BCUT2D eigenvalue weighted by Gasteiger charge is 2.50. The van der Waals surface area contributed by atoms with Crippen molar-refractivity contribution in [3.05, 3.63) is 102 Å². The van der Waals surface area contributed by atoms with Crippen LogP contribution >= 0.6 is 31.3 Å². The van der Waals surface area contributed by atoms with E-state index in [9.17, 15) is 72.0 Å². The van der Waals surface area contributed by atoms with Crippen LogP contribution in [0.4, 0.5) is 29.4 Å². The molecule has 5 aliphatic heterocycles. The summed E-state index contributed by atoms with van der Waals surface area (Å²) < 4.78 is 134. The van der Waals surface area contributed by atoms with E-state index < -0.39 is 204 Å². The number of aromatic nitrogens is 14. The second-order valence-electron chi connectivity index (χ2n) is 22.4. The van der Waals surface area contributed by atoms with Crippen LogP contribution in [0.5, 0.6) is 0 Å². The van der Waals surface area contributed by atoms with Gasteiger partial charge >= 0.3 is 48.4 Å². The molecule has 0 aromatic carbocycles. The smallest absolute Gasteiger partial charge is 0.394 e. The number of anilines is 5. The Morgan fingerprint density at radius 3 is 1.08 bits per heavy atom. The lowest BCUT2D eigenvalue weighted by atomic mass is 10.2. The minimum Gasteiger partial charge on any atom is -0.394 e. The van der Waals surface area contributed by atoms with Gasteiger partial charge in [-0.2, -0.15) is 24.9 Å². The molecule has 4 unspecified atom stereocenters. The van der Waals surface area contributed by atoms with Gasteiger partial charge in [0.1, 0.15) is 104 Å². The second-order valence-corrected chi connectivity index (χ2v) is 28.0. The van der Waals surface area contributed by atoms with Crippen LogP contribution in [0.1, 0.15) is 63.2 Å². The number of phosphoric ester groups is 4. The van der Waals surface area contributed by atoms with Crippen molar-refractivity contribution in [1.82, 2.24) is 67.7 Å². The number of imidazole rings is 2. The third kappa shape index (κ3) is 15.7. The van der Waals surface area contributed by atoms with Gasteiger partial charge in [0.25, 0.3) is 11.1 Å². The molecular formula is C47H61N19O28P4. The number of fused-ring (bicyclic) bond motifs is 2. The van der Waals surface area contributed by atoms with Crippen molar-refractivity contribution in [2.45, 2.75) is 124 Å². The summed E-state index contributed by atoms with van der Waals surface area (Å²) in [6.07, 6.45) is -17.7. The van der Waals surface area contributed by atoms with Crippen LogP contribution in [0.15, 0.2) is 73.4 Å². The Bertz CT molecular complexity index is 4650. The number of nitrogen functional groups attached to an aromatic ring is 5. The molecule has 5 aliphatic rings. The Morgan fingerprint density at radius 2 is 0.745 bits per heavy atom. The molecule has 12 rings (SSSR count). The molecule has 19 atom stereocenters. The molecule has 0 saturated carbocycles. The topological polar surface area (TPSA) is 672 Å². The third-order valence-corrected chi connectivity index (χ3v) is 19.8. The first-order valence-electron chi connectivity index (χ1n) is 29.0. The number of aliphatic hydroxyl groups excluding tert-OH is 2. The summed E-state index contributed by atoms with van der Waals surface area (Å²) in [5.41, 5.74) is 24.0. The first-order chi connectivity index (χ1) is 46.4. The summed E-state index contributed by atoms with van der Waals surface area (Å²) in [5.74, 6) is -1.08. The van der Waals surface area contributed by atoms with Crippen LogP contribution in [-0.4, -0.2) is 192 Å². The fourth-order valence-electron chi connectivity index (χ4n) is 11.3. The molecule has 0 bridgehead atoms. The average molecular weight is 1460 g/mol. The molecule has 532 valence electrons. The largest absolute Gasteiger partial charge is 0.472 e. The van der Waals surface area contributed by atoms with Crippen molar-refractivity contribution < 1.29 is 108 Å². The molecule has 51 heteroatoms. The Morgan fingerprint density at radius 1 is 0.449 bits per heavy atom. The van der Waals surface area contributed by atoms with Gasteiger partial charge in [-0.15, -0.1) is 0 Å². The third-order valence-electron chi connectivity index (χ3n) is 15.8. The highest BCUT2D eigenvalue weighted by atomic mass is 31.2. The van der Waals surface area contributed by atoms with Crippen molar-refractivity contribution in [3.63, 3.8) is 0 Å².